The molecule has 0 bridgehead atoms. The molecule has 1 aliphatic rings. The molecule has 0 fully saturated rings. The Morgan fingerprint density at radius 3 is 2.54 bits per heavy atom. The first-order valence-corrected chi connectivity index (χ1v) is 8.86. The van der Waals surface area contributed by atoms with Gasteiger partial charge in [-0.05, 0) is 46.0 Å². The second-order valence-electron chi connectivity index (χ2n) is 5.63. The van der Waals surface area contributed by atoms with Crippen LogP contribution in [-0.4, -0.2) is 12.1 Å². The summed E-state index contributed by atoms with van der Waals surface area (Å²) in [6, 6.07) is 21.2. The predicted molar refractivity (Wildman–Crippen MR) is 100 cm³/mol. The van der Waals surface area contributed by atoms with E-state index in [0.29, 0.717) is 5.88 Å². The molecule has 3 aromatic rings. The van der Waals surface area contributed by atoms with Crippen molar-refractivity contribution in [2.75, 3.05) is 7.11 Å². The Morgan fingerprint density at radius 2 is 1.75 bits per heavy atom. The highest BCUT2D eigenvalue weighted by Gasteiger charge is 2.17. The average molecular weight is 331 g/mol. The lowest BCUT2D eigenvalue weighted by Crippen LogP contribution is -1.92. The van der Waals surface area contributed by atoms with Gasteiger partial charge < -0.3 is 4.74 Å². The van der Waals surface area contributed by atoms with Crippen molar-refractivity contribution in [2.45, 2.75) is 10.6 Å². The van der Waals surface area contributed by atoms with E-state index in [1.165, 1.54) is 27.2 Å². The Labute approximate surface area is 146 Å². The lowest BCUT2D eigenvalue weighted by atomic mass is 9.93. The number of ether oxygens (including phenoxy) is 1. The number of pyridine rings is 1. The summed E-state index contributed by atoms with van der Waals surface area (Å²) in [6.07, 6.45) is 4.07. The summed E-state index contributed by atoms with van der Waals surface area (Å²) in [4.78, 5) is 5.65. The van der Waals surface area contributed by atoms with Crippen LogP contribution in [0.5, 0.6) is 5.88 Å². The molecule has 2 nitrogen and oxygen atoms in total. The number of hydrogen-bond donors (Lipinski definition) is 0. The van der Waals surface area contributed by atoms with Crippen molar-refractivity contribution in [3.05, 3.63) is 89.1 Å². The van der Waals surface area contributed by atoms with Gasteiger partial charge in [-0.15, -0.1) is 11.8 Å². The molecule has 0 saturated heterocycles. The van der Waals surface area contributed by atoms with Crippen molar-refractivity contribution >= 4 is 23.4 Å². The molecule has 4 rings (SSSR count). The molecule has 3 heteroatoms. The summed E-state index contributed by atoms with van der Waals surface area (Å²) in [6.45, 7) is 0. The summed E-state index contributed by atoms with van der Waals surface area (Å²) in [7, 11) is 1.63. The Morgan fingerprint density at radius 1 is 0.958 bits per heavy atom. The van der Waals surface area contributed by atoms with Crippen LogP contribution in [0.15, 0.2) is 71.8 Å². The molecule has 0 N–H and O–H groups in total. The van der Waals surface area contributed by atoms with Gasteiger partial charge in [0.1, 0.15) is 0 Å². The van der Waals surface area contributed by atoms with Gasteiger partial charge in [-0.25, -0.2) is 4.98 Å². The van der Waals surface area contributed by atoms with Crippen LogP contribution in [0, 0.1) is 0 Å². The monoisotopic (exact) mass is 331 g/mol. The zero-order valence-corrected chi connectivity index (χ0v) is 14.2. The molecule has 0 amide bonds. The van der Waals surface area contributed by atoms with E-state index in [-0.39, 0.29) is 0 Å². The highest BCUT2D eigenvalue weighted by molar-refractivity contribution is 7.98. The Kier molecular flexibility index (Phi) is 4.09. The molecule has 0 aliphatic carbocycles. The molecule has 1 aromatic heterocycles. The van der Waals surface area contributed by atoms with Gasteiger partial charge in [0.25, 0.3) is 0 Å². The molecule has 0 unspecified atom stereocenters. The second kappa shape index (κ2) is 6.54. The SMILES string of the molecule is COc1ccc(/C=C2/c3ccccc3CSc3ccccc32)cn1. The fraction of sp³-hybridized carbons (Fsp3) is 0.0952. The van der Waals surface area contributed by atoms with Crippen LogP contribution in [-0.2, 0) is 5.75 Å². The van der Waals surface area contributed by atoms with Gasteiger partial charge in [0.05, 0.1) is 7.11 Å². The predicted octanol–water partition coefficient (Wildman–Crippen LogP) is 5.28. The minimum Gasteiger partial charge on any atom is -0.481 e. The quantitative estimate of drug-likeness (QED) is 0.637. The molecule has 1 aliphatic heterocycles. The van der Waals surface area contributed by atoms with Crippen LogP contribution in [0.2, 0.25) is 0 Å². The molecule has 2 heterocycles. The van der Waals surface area contributed by atoms with Gasteiger partial charge in [0.2, 0.25) is 5.88 Å². The lowest BCUT2D eigenvalue weighted by Gasteiger charge is -2.11. The Balaban J connectivity index is 1.90. The average Bonchev–Trinajstić information content (AvgIpc) is 2.80. The fourth-order valence-electron chi connectivity index (χ4n) is 2.94. The maximum Gasteiger partial charge on any atom is 0.212 e. The maximum absolute atomic E-state index is 5.16. The molecular formula is C21H17NOS. The van der Waals surface area contributed by atoms with Crippen LogP contribution in [0.1, 0.15) is 22.3 Å². The van der Waals surface area contributed by atoms with Crippen LogP contribution in [0.4, 0.5) is 0 Å². The van der Waals surface area contributed by atoms with Crippen molar-refractivity contribution in [1.82, 2.24) is 4.98 Å². The third-order valence-electron chi connectivity index (χ3n) is 4.15. The third-order valence-corrected chi connectivity index (χ3v) is 5.27. The number of fused-ring (bicyclic) bond motifs is 2. The van der Waals surface area contributed by atoms with Crippen LogP contribution >= 0.6 is 11.8 Å². The molecule has 0 radical (unpaired) electrons. The smallest absolute Gasteiger partial charge is 0.212 e. The van der Waals surface area contributed by atoms with Crippen molar-refractivity contribution in [3.8, 4) is 5.88 Å². The first kappa shape index (κ1) is 15.0. The molecule has 0 saturated carbocycles. The normalized spacial score (nSPS) is 14.6. The fourth-order valence-corrected chi connectivity index (χ4v) is 4.02. The largest absolute Gasteiger partial charge is 0.481 e. The van der Waals surface area contributed by atoms with Crippen molar-refractivity contribution in [3.63, 3.8) is 0 Å². The topological polar surface area (TPSA) is 22.1 Å². The zero-order valence-electron chi connectivity index (χ0n) is 13.4. The number of thioether (sulfide) groups is 1. The maximum atomic E-state index is 5.16. The van der Waals surface area contributed by atoms with E-state index in [0.717, 1.165) is 11.3 Å². The summed E-state index contributed by atoms with van der Waals surface area (Å²) >= 11 is 1.90. The zero-order chi connectivity index (χ0) is 16.4. The van der Waals surface area contributed by atoms with E-state index in [4.69, 9.17) is 4.74 Å². The highest BCUT2D eigenvalue weighted by atomic mass is 32.2. The molecule has 0 atom stereocenters. The number of rotatable bonds is 2. The van der Waals surface area contributed by atoms with Crippen molar-refractivity contribution < 1.29 is 4.74 Å². The molecule has 0 spiro atoms. The molecule has 118 valence electrons. The first-order valence-electron chi connectivity index (χ1n) is 7.87. The number of methoxy groups -OCH3 is 1. The summed E-state index contributed by atoms with van der Waals surface area (Å²) in [5, 5.41) is 0. The van der Waals surface area contributed by atoms with Crippen molar-refractivity contribution in [2.24, 2.45) is 0 Å². The van der Waals surface area contributed by atoms with Gasteiger partial charge in [0.15, 0.2) is 0 Å². The summed E-state index contributed by atoms with van der Waals surface area (Å²) in [5.41, 5.74) is 6.26. The number of aromatic nitrogens is 1. The first-order chi connectivity index (χ1) is 11.8. The van der Waals surface area contributed by atoms with E-state index in [2.05, 4.69) is 59.6 Å². The number of nitrogens with zero attached hydrogens (tertiary/aromatic N) is 1. The van der Waals surface area contributed by atoms with E-state index in [1.54, 1.807) is 7.11 Å². The summed E-state index contributed by atoms with van der Waals surface area (Å²) in [5.74, 6) is 1.63. The molecule has 24 heavy (non-hydrogen) atoms. The van der Waals surface area contributed by atoms with E-state index in [1.807, 2.05) is 30.1 Å². The lowest BCUT2D eigenvalue weighted by molar-refractivity contribution is 0.398. The van der Waals surface area contributed by atoms with Gasteiger partial charge in [0, 0.05) is 22.9 Å². The molecular weight excluding hydrogens is 314 g/mol. The molecule has 2 aromatic carbocycles. The van der Waals surface area contributed by atoms with Crippen molar-refractivity contribution in [1.29, 1.82) is 0 Å². The summed E-state index contributed by atoms with van der Waals surface area (Å²) < 4.78 is 5.16. The van der Waals surface area contributed by atoms with E-state index >= 15 is 0 Å². The minimum absolute atomic E-state index is 0.634. The minimum atomic E-state index is 0.634. The van der Waals surface area contributed by atoms with Gasteiger partial charge >= 0.3 is 0 Å². The van der Waals surface area contributed by atoms with Gasteiger partial charge in [-0.2, -0.15) is 0 Å². The Bertz CT molecular complexity index is 850. The van der Waals surface area contributed by atoms with E-state index < -0.39 is 0 Å². The van der Waals surface area contributed by atoms with E-state index in [9.17, 15) is 0 Å². The Hall–Kier alpha value is -2.52. The standard InChI is InChI=1S/C21H17NOS/c1-23-21-11-10-15(13-22-21)12-19-17-7-3-2-6-16(17)14-24-20-9-5-4-8-18(19)20/h2-13H,14H2,1H3/b19-12-. The van der Waals surface area contributed by atoms with Crippen LogP contribution in [0.25, 0.3) is 11.6 Å². The van der Waals surface area contributed by atoms with Gasteiger partial charge in [-0.1, -0.05) is 42.5 Å². The second-order valence-corrected chi connectivity index (χ2v) is 6.65. The third kappa shape index (κ3) is 2.83. The number of benzene rings is 2. The van der Waals surface area contributed by atoms with Crippen LogP contribution < -0.4 is 4.74 Å². The number of hydrogen-bond acceptors (Lipinski definition) is 3. The van der Waals surface area contributed by atoms with Gasteiger partial charge in [-0.3, -0.25) is 0 Å². The highest BCUT2D eigenvalue weighted by Crippen LogP contribution is 2.40. The van der Waals surface area contributed by atoms with Crippen LogP contribution in [0.3, 0.4) is 0 Å².